The van der Waals surface area contributed by atoms with Crippen molar-refractivity contribution in [3.63, 3.8) is 0 Å². The molecule has 0 unspecified atom stereocenters. The Morgan fingerprint density at radius 3 is 2.50 bits per heavy atom. The maximum absolute atomic E-state index is 9.32. The molecular formula is C9H13O. The van der Waals surface area contributed by atoms with Gasteiger partial charge in [-0.2, -0.15) is 0 Å². The van der Waals surface area contributed by atoms with E-state index in [9.17, 15) is 4.79 Å². The molecule has 1 aliphatic rings. The van der Waals surface area contributed by atoms with Gasteiger partial charge in [0, 0.05) is 0 Å². The topological polar surface area (TPSA) is 17.1 Å². The highest BCUT2D eigenvalue weighted by atomic mass is 16.1. The van der Waals surface area contributed by atoms with E-state index in [4.69, 9.17) is 0 Å². The summed E-state index contributed by atoms with van der Waals surface area (Å²) >= 11 is 0. The Balaban J connectivity index is 0.000000162. The summed E-state index contributed by atoms with van der Waals surface area (Å²) in [5.74, 6) is 0. The Morgan fingerprint density at radius 1 is 1.60 bits per heavy atom. The number of hydrogen-bond donors (Lipinski definition) is 0. The molecule has 0 fully saturated rings. The van der Waals surface area contributed by atoms with Gasteiger partial charge in [-0.05, 0) is 38.3 Å². The average molecular weight is 137 g/mol. The molecule has 0 spiro atoms. The lowest BCUT2D eigenvalue weighted by Crippen LogP contribution is -1.50. The molecule has 0 aromatic carbocycles. The van der Waals surface area contributed by atoms with Crippen molar-refractivity contribution in [2.45, 2.75) is 26.2 Å². The number of allylic oxidation sites excluding steroid dienone is 4. The molecule has 0 aromatic heterocycles. The van der Waals surface area contributed by atoms with E-state index in [1.165, 1.54) is 25.3 Å². The first-order valence-electron chi connectivity index (χ1n) is 3.53. The van der Waals surface area contributed by atoms with E-state index in [0.29, 0.717) is 0 Å². The third-order valence-corrected chi connectivity index (χ3v) is 1.08. The molecule has 0 heterocycles. The minimum Gasteiger partial charge on any atom is -0.299 e. The summed E-state index contributed by atoms with van der Waals surface area (Å²) in [6, 6.07) is 0. The van der Waals surface area contributed by atoms with Crippen molar-refractivity contribution >= 4 is 6.29 Å². The van der Waals surface area contributed by atoms with E-state index in [1.807, 2.05) is 0 Å². The van der Waals surface area contributed by atoms with E-state index >= 15 is 0 Å². The van der Waals surface area contributed by atoms with Gasteiger partial charge < -0.3 is 0 Å². The second-order valence-corrected chi connectivity index (χ2v) is 1.96. The summed E-state index contributed by atoms with van der Waals surface area (Å²) in [7, 11) is 0. The minimum absolute atomic E-state index is 0.750. The SMILES string of the molecule is CC=CC=O.[C]1=CCCC1. The summed E-state index contributed by atoms with van der Waals surface area (Å²) in [4.78, 5) is 9.32. The molecule has 0 aromatic rings. The second-order valence-electron chi connectivity index (χ2n) is 1.96. The van der Waals surface area contributed by atoms with Crippen LogP contribution in [0.5, 0.6) is 0 Å². The van der Waals surface area contributed by atoms with Crippen LogP contribution in [0.2, 0.25) is 0 Å². The second kappa shape index (κ2) is 8.15. The standard InChI is InChI=1S/C5H7.C4H6O/c1-2-4-5-3-1;1-2-3-4-5/h1H,2,4-5H2;2-4H,1H3. The first-order valence-corrected chi connectivity index (χ1v) is 3.53. The highest BCUT2D eigenvalue weighted by Crippen LogP contribution is 2.03. The normalized spacial score (nSPS) is 14.9. The zero-order chi connectivity index (χ0) is 7.66. The smallest absolute Gasteiger partial charge is 0.142 e. The minimum atomic E-state index is 0.750. The van der Waals surface area contributed by atoms with Crippen molar-refractivity contribution in [2.75, 3.05) is 0 Å². The van der Waals surface area contributed by atoms with Crippen molar-refractivity contribution in [1.29, 1.82) is 0 Å². The number of carbonyl (C=O) groups is 1. The van der Waals surface area contributed by atoms with Crippen LogP contribution in [0.1, 0.15) is 26.2 Å². The molecule has 1 radical (unpaired) electrons. The van der Waals surface area contributed by atoms with Gasteiger partial charge in [0.05, 0.1) is 0 Å². The summed E-state index contributed by atoms with van der Waals surface area (Å²) < 4.78 is 0. The van der Waals surface area contributed by atoms with E-state index in [2.05, 4.69) is 12.2 Å². The first kappa shape index (κ1) is 9.15. The highest BCUT2D eigenvalue weighted by molar-refractivity contribution is 5.64. The fourth-order valence-corrected chi connectivity index (χ4v) is 0.589. The average Bonchev–Trinajstić information content (AvgIpc) is 2.44. The predicted octanol–water partition coefficient (Wildman–Crippen LogP) is 2.29. The van der Waals surface area contributed by atoms with Gasteiger partial charge in [-0.15, -0.1) is 0 Å². The summed E-state index contributed by atoms with van der Waals surface area (Å²) in [6.45, 7) is 1.80. The first-order chi connectivity index (χ1) is 4.91. The quantitative estimate of drug-likeness (QED) is 0.400. The van der Waals surface area contributed by atoms with Crippen LogP contribution < -0.4 is 0 Å². The molecule has 0 aliphatic heterocycles. The van der Waals surface area contributed by atoms with Crippen LogP contribution in [0.3, 0.4) is 0 Å². The third-order valence-electron chi connectivity index (χ3n) is 1.08. The van der Waals surface area contributed by atoms with Crippen LogP contribution in [0.25, 0.3) is 0 Å². The molecule has 10 heavy (non-hydrogen) atoms. The van der Waals surface area contributed by atoms with Crippen LogP contribution in [0.4, 0.5) is 0 Å². The van der Waals surface area contributed by atoms with Gasteiger partial charge in [-0.25, -0.2) is 0 Å². The Hall–Kier alpha value is -0.850. The molecule has 0 saturated carbocycles. The molecule has 0 amide bonds. The highest BCUT2D eigenvalue weighted by Gasteiger charge is 1.85. The number of hydrogen-bond acceptors (Lipinski definition) is 1. The van der Waals surface area contributed by atoms with E-state index in [-0.39, 0.29) is 0 Å². The molecule has 1 aliphatic carbocycles. The van der Waals surface area contributed by atoms with Gasteiger partial charge in [0.15, 0.2) is 0 Å². The van der Waals surface area contributed by atoms with Gasteiger partial charge in [-0.1, -0.05) is 12.2 Å². The molecular weight excluding hydrogens is 124 g/mol. The van der Waals surface area contributed by atoms with E-state index in [0.717, 1.165) is 6.29 Å². The molecule has 0 bridgehead atoms. The maximum Gasteiger partial charge on any atom is 0.142 e. The Labute approximate surface area is 62.4 Å². The Morgan fingerprint density at radius 2 is 2.40 bits per heavy atom. The lowest BCUT2D eigenvalue weighted by atomic mass is 10.4. The van der Waals surface area contributed by atoms with Gasteiger partial charge in [0.25, 0.3) is 0 Å². The van der Waals surface area contributed by atoms with Crippen molar-refractivity contribution < 1.29 is 4.79 Å². The molecule has 0 N–H and O–H groups in total. The number of rotatable bonds is 1. The van der Waals surface area contributed by atoms with Crippen LogP contribution in [0, 0.1) is 6.08 Å². The Bertz CT molecular complexity index is 117. The molecule has 0 saturated heterocycles. The van der Waals surface area contributed by atoms with Crippen LogP contribution >= 0.6 is 0 Å². The molecule has 55 valence electrons. The Kier molecular flexibility index (Phi) is 7.46. The van der Waals surface area contributed by atoms with Crippen molar-refractivity contribution in [3.05, 3.63) is 24.3 Å². The maximum atomic E-state index is 9.32. The fraction of sp³-hybridized carbons (Fsp3) is 0.444. The monoisotopic (exact) mass is 137 g/mol. The van der Waals surface area contributed by atoms with E-state index < -0.39 is 0 Å². The molecule has 0 atom stereocenters. The fourth-order valence-electron chi connectivity index (χ4n) is 0.589. The zero-order valence-corrected chi connectivity index (χ0v) is 6.34. The molecule has 1 rings (SSSR count). The van der Waals surface area contributed by atoms with Gasteiger partial charge in [0.1, 0.15) is 6.29 Å². The summed E-state index contributed by atoms with van der Waals surface area (Å²) in [6.07, 6.45) is 12.9. The van der Waals surface area contributed by atoms with Crippen LogP contribution in [-0.4, -0.2) is 6.29 Å². The third kappa shape index (κ3) is 7.15. The van der Waals surface area contributed by atoms with Crippen molar-refractivity contribution in [1.82, 2.24) is 0 Å². The summed E-state index contributed by atoms with van der Waals surface area (Å²) in [5, 5.41) is 0. The predicted molar refractivity (Wildman–Crippen MR) is 42.5 cm³/mol. The number of aldehydes is 1. The zero-order valence-electron chi connectivity index (χ0n) is 6.34. The van der Waals surface area contributed by atoms with Crippen molar-refractivity contribution in [2.24, 2.45) is 0 Å². The van der Waals surface area contributed by atoms with Crippen molar-refractivity contribution in [3.8, 4) is 0 Å². The van der Waals surface area contributed by atoms with E-state index in [1.54, 1.807) is 13.0 Å². The lowest BCUT2D eigenvalue weighted by molar-refractivity contribution is -0.104. The van der Waals surface area contributed by atoms with Crippen LogP contribution in [0.15, 0.2) is 18.2 Å². The molecule has 1 nitrogen and oxygen atoms in total. The molecule has 1 heteroatoms. The summed E-state index contributed by atoms with van der Waals surface area (Å²) in [5.41, 5.74) is 0. The van der Waals surface area contributed by atoms with Gasteiger partial charge in [-0.3, -0.25) is 4.79 Å². The number of carbonyl (C=O) groups excluding carboxylic acids is 1. The largest absolute Gasteiger partial charge is 0.299 e. The van der Waals surface area contributed by atoms with Gasteiger partial charge in [0.2, 0.25) is 0 Å². The van der Waals surface area contributed by atoms with Crippen LogP contribution in [-0.2, 0) is 4.79 Å². The lowest BCUT2D eigenvalue weighted by Gasteiger charge is -1.68. The van der Waals surface area contributed by atoms with Gasteiger partial charge >= 0.3 is 0 Å².